The minimum absolute atomic E-state index is 0.146. The Balaban J connectivity index is 1.60. The van der Waals surface area contributed by atoms with Crippen LogP contribution in [0.3, 0.4) is 0 Å². The molecule has 1 aliphatic heterocycles. The molecular weight excluding hydrogens is 302 g/mol. The second-order valence-corrected chi connectivity index (χ2v) is 6.11. The minimum atomic E-state index is -0.146. The number of nitrogens with zero attached hydrogens (tertiary/aromatic N) is 3. The predicted molar refractivity (Wildman–Crippen MR) is 96.0 cm³/mol. The number of aromatic nitrogens is 1. The largest absolute Gasteiger partial charge is 0.384 e. The van der Waals surface area contributed by atoms with Gasteiger partial charge in [0.2, 0.25) is 0 Å². The van der Waals surface area contributed by atoms with Crippen LogP contribution in [0.2, 0.25) is 0 Å². The molecule has 0 saturated carbocycles. The van der Waals surface area contributed by atoms with Crippen molar-refractivity contribution in [3.05, 3.63) is 53.7 Å². The number of nitrogens with one attached hydrogen (secondary N) is 1. The number of hydrogen-bond acceptors (Lipinski definition) is 5. The smallest absolute Gasteiger partial charge is 0.253 e. The Morgan fingerprint density at radius 3 is 2.71 bits per heavy atom. The third-order valence-electron chi connectivity index (χ3n) is 4.28. The van der Waals surface area contributed by atoms with Crippen molar-refractivity contribution in [2.75, 3.05) is 43.9 Å². The van der Waals surface area contributed by atoms with Crippen LogP contribution in [0.4, 0.5) is 11.5 Å². The van der Waals surface area contributed by atoms with E-state index >= 15 is 0 Å². The van der Waals surface area contributed by atoms with Gasteiger partial charge in [-0.3, -0.25) is 4.79 Å². The van der Waals surface area contributed by atoms with Gasteiger partial charge in [0, 0.05) is 44.6 Å². The van der Waals surface area contributed by atoms with Crippen molar-refractivity contribution in [3.63, 3.8) is 0 Å². The van der Waals surface area contributed by atoms with Crippen molar-refractivity contribution in [1.29, 1.82) is 0 Å². The molecule has 0 unspecified atom stereocenters. The van der Waals surface area contributed by atoms with E-state index < -0.39 is 0 Å². The summed E-state index contributed by atoms with van der Waals surface area (Å²) >= 11 is 0. The van der Waals surface area contributed by atoms with Gasteiger partial charge in [0.1, 0.15) is 5.82 Å². The summed E-state index contributed by atoms with van der Waals surface area (Å²) in [6, 6.07) is 11.6. The number of rotatable bonds is 4. The topological polar surface area (TPSA) is 74.5 Å². The lowest BCUT2D eigenvalue weighted by Gasteiger charge is -2.34. The van der Waals surface area contributed by atoms with Gasteiger partial charge in [-0.05, 0) is 36.9 Å². The molecule has 0 spiro atoms. The number of hydrogen-bond donors (Lipinski definition) is 2. The standard InChI is InChI=1S/C18H23N5O/c1-22-7-9-23(10-8-22)16-4-2-3-14(11-16)12-21-18(24)15-5-6-17(19)20-13-15/h2-6,11,13H,7-10,12H2,1H3,(H2,19,20)(H,21,24). The van der Waals surface area contributed by atoms with Gasteiger partial charge in [-0.15, -0.1) is 0 Å². The van der Waals surface area contributed by atoms with Crippen molar-refractivity contribution in [2.24, 2.45) is 0 Å². The van der Waals surface area contributed by atoms with Crippen LogP contribution in [-0.2, 0) is 6.54 Å². The number of benzene rings is 1. The van der Waals surface area contributed by atoms with Crippen LogP contribution in [0.5, 0.6) is 0 Å². The number of amides is 1. The van der Waals surface area contributed by atoms with Crippen molar-refractivity contribution in [1.82, 2.24) is 15.2 Å². The summed E-state index contributed by atoms with van der Waals surface area (Å²) in [6.45, 7) is 4.70. The number of piperazine rings is 1. The summed E-state index contributed by atoms with van der Waals surface area (Å²) in [6.07, 6.45) is 1.49. The van der Waals surface area contributed by atoms with Gasteiger partial charge in [0.05, 0.1) is 5.56 Å². The van der Waals surface area contributed by atoms with Gasteiger partial charge in [-0.25, -0.2) is 4.98 Å². The van der Waals surface area contributed by atoms with E-state index in [0.29, 0.717) is 17.9 Å². The Bertz CT molecular complexity index is 693. The molecule has 6 nitrogen and oxygen atoms in total. The van der Waals surface area contributed by atoms with Crippen LogP contribution in [0.1, 0.15) is 15.9 Å². The first-order valence-corrected chi connectivity index (χ1v) is 8.14. The summed E-state index contributed by atoms with van der Waals surface area (Å²) in [5.74, 6) is 0.263. The van der Waals surface area contributed by atoms with Crippen LogP contribution in [0, 0.1) is 0 Å². The van der Waals surface area contributed by atoms with Crippen LogP contribution >= 0.6 is 0 Å². The Morgan fingerprint density at radius 1 is 1.21 bits per heavy atom. The van der Waals surface area contributed by atoms with Crippen molar-refractivity contribution in [2.45, 2.75) is 6.54 Å². The SMILES string of the molecule is CN1CCN(c2cccc(CNC(=O)c3ccc(N)nc3)c2)CC1. The van der Waals surface area contributed by atoms with E-state index in [0.717, 1.165) is 31.7 Å². The van der Waals surface area contributed by atoms with Gasteiger partial charge < -0.3 is 20.9 Å². The third-order valence-corrected chi connectivity index (χ3v) is 4.28. The third kappa shape index (κ3) is 4.02. The summed E-state index contributed by atoms with van der Waals surface area (Å²) in [5, 5.41) is 2.93. The highest BCUT2D eigenvalue weighted by Crippen LogP contribution is 2.18. The lowest BCUT2D eigenvalue weighted by Crippen LogP contribution is -2.44. The average molecular weight is 325 g/mol. The van der Waals surface area contributed by atoms with E-state index in [9.17, 15) is 4.79 Å². The Hall–Kier alpha value is -2.60. The molecule has 1 aromatic carbocycles. The van der Waals surface area contributed by atoms with Crippen LogP contribution in [-0.4, -0.2) is 49.0 Å². The van der Waals surface area contributed by atoms with Gasteiger partial charge in [0.25, 0.3) is 5.91 Å². The lowest BCUT2D eigenvalue weighted by molar-refractivity contribution is 0.0950. The molecule has 1 aliphatic rings. The number of pyridine rings is 1. The number of likely N-dealkylation sites (N-methyl/N-ethyl adjacent to an activating group) is 1. The Kier molecular flexibility index (Phi) is 4.96. The minimum Gasteiger partial charge on any atom is -0.384 e. The molecule has 6 heteroatoms. The quantitative estimate of drug-likeness (QED) is 0.887. The number of carbonyl (C=O) groups is 1. The lowest BCUT2D eigenvalue weighted by atomic mass is 10.1. The summed E-state index contributed by atoms with van der Waals surface area (Å²) < 4.78 is 0. The van der Waals surface area contributed by atoms with Crippen molar-refractivity contribution >= 4 is 17.4 Å². The Labute approximate surface area is 142 Å². The van der Waals surface area contributed by atoms with E-state index in [4.69, 9.17) is 5.73 Å². The summed E-state index contributed by atoms with van der Waals surface area (Å²) in [7, 11) is 2.15. The van der Waals surface area contributed by atoms with E-state index in [1.165, 1.54) is 11.9 Å². The maximum atomic E-state index is 12.1. The summed E-state index contributed by atoms with van der Waals surface area (Å²) in [5.41, 5.74) is 8.35. The van der Waals surface area contributed by atoms with E-state index in [1.807, 2.05) is 12.1 Å². The number of carbonyl (C=O) groups excluding carboxylic acids is 1. The van der Waals surface area contributed by atoms with Crippen LogP contribution in [0.25, 0.3) is 0 Å². The second-order valence-electron chi connectivity index (χ2n) is 6.11. The highest BCUT2D eigenvalue weighted by atomic mass is 16.1. The zero-order valence-corrected chi connectivity index (χ0v) is 13.9. The predicted octanol–water partition coefficient (Wildman–Crippen LogP) is 1.35. The molecule has 1 aromatic heterocycles. The normalized spacial score (nSPS) is 15.3. The molecule has 3 N–H and O–H groups in total. The zero-order chi connectivity index (χ0) is 16.9. The van der Waals surface area contributed by atoms with Crippen molar-refractivity contribution in [3.8, 4) is 0 Å². The highest BCUT2D eigenvalue weighted by molar-refractivity contribution is 5.93. The van der Waals surface area contributed by atoms with Crippen molar-refractivity contribution < 1.29 is 4.79 Å². The number of anilines is 2. The fraction of sp³-hybridized carbons (Fsp3) is 0.333. The maximum Gasteiger partial charge on any atom is 0.253 e. The van der Waals surface area contributed by atoms with Crippen LogP contribution in [0.15, 0.2) is 42.6 Å². The molecule has 3 rings (SSSR count). The zero-order valence-electron chi connectivity index (χ0n) is 13.9. The molecule has 24 heavy (non-hydrogen) atoms. The monoisotopic (exact) mass is 325 g/mol. The molecule has 126 valence electrons. The van der Waals surface area contributed by atoms with E-state index in [-0.39, 0.29) is 5.91 Å². The number of nitrogen functional groups attached to an aromatic ring is 1. The van der Waals surface area contributed by atoms with E-state index in [1.54, 1.807) is 12.1 Å². The molecule has 0 bridgehead atoms. The van der Waals surface area contributed by atoms with Gasteiger partial charge in [-0.2, -0.15) is 0 Å². The molecule has 1 fully saturated rings. The van der Waals surface area contributed by atoms with Gasteiger partial charge in [0.15, 0.2) is 0 Å². The fourth-order valence-corrected chi connectivity index (χ4v) is 2.75. The first kappa shape index (κ1) is 16.3. The molecule has 0 atom stereocenters. The second kappa shape index (κ2) is 7.31. The molecule has 1 saturated heterocycles. The van der Waals surface area contributed by atoms with Crippen LogP contribution < -0.4 is 16.0 Å². The summed E-state index contributed by atoms with van der Waals surface area (Å²) in [4.78, 5) is 20.8. The molecule has 1 amide bonds. The molecule has 2 aromatic rings. The van der Waals surface area contributed by atoms with Gasteiger partial charge >= 0.3 is 0 Å². The molecule has 0 radical (unpaired) electrons. The Morgan fingerprint density at radius 2 is 2.00 bits per heavy atom. The maximum absolute atomic E-state index is 12.1. The molecular formula is C18H23N5O. The molecule has 0 aliphatic carbocycles. The molecule has 2 heterocycles. The fourth-order valence-electron chi connectivity index (χ4n) is 2.75. The van der Waals surface area contributed by atoms with Gasteiger partial charge in [-0.1, -0.05) is 12.1 Å². The first-order valence-electron chi connectivity index (χ1n) is 8.14. The van der Waals surface area contributed by atoms with E-state index in [2.05, 4.69) is 39.3 Å². The highest BCUT2D eigenvalue weighted by Gasteiger charge is 2.14. The first-order chi connectivity index (χ1) is 11.6. The average Bonchev–Trinajstić information content (AvgIpc) is 2.61. The number of nitrogens with two attached hydrogens (primary N) is 1.